The first-order chi connectivity index (χ1) is 10.6. The Labute approximate surface area is 139 Å². The van der Waals surface area contributed by atoms with Gasteiger partial charge in [-0.3, -0.25) is 4.72 Å². The summed E-state index contributed by atoms with van der Waals surface area (Å²) in [6, 6.07) is 8.35. The minimum absolute atomic E-state index is 0.0236. The monoisotopic (exact) mass is 385 g/mol. The van der Waals surface area contributed by atoms with Gasteiger partial charge in [0.1, 0.15) is 10.6 Å². The van der Waals surface area contributed by atoms with E-state index in [9.17, 15) is 21.6 Å². The molecule has 4 nitrogen and oxygen atoms in total. The van der Waals surface area contributed by atoms with Gasteiger partial charge in [0.05, 0.1) is 10.0 Å². The van der Waals surface area contributed by atoms with Crippen molar-refractivity contribution in [2.24, 2.45) is 0 Å². The highest BCUT2D eigenvalue weighted by Crippen LogP contribution is 2.31. The van der Waals surface area contributed by atoms with Gasteiger partial charge >= 0.3 is 6.36 Å². The molecule has 0 amide bonds. The van der Waals surface area contributed by atoms with Gasteiger partial charge in [-0.1, -0.05) is 29.3 Å². The fourth-order valence-electron chi connectivity index (χ4n) is 1.67. The van der Waals surface area contributed by atoms with E-state index in [2.05, 4.69) is 9.46 Å². The van der Waals surface area contributed by atoms with Crippen LogP contribution in [0.3, 0.4) is 0 Å². The van der Waals surface area contributed by atoms with Crippen molar-refractivity contribution in [2.45, 2.75) is 11.3 Å². The Morgan fingerprint density at radius 2 is 1.48 bits per heavy atom. The SMILES string of the molecule is O=S(=O)(Nc1ccc(OC(F)(F)F)cc1)c1c(Cl)cccc1Cl. The zero-order chi connectivity index (χ0) is 17.3. The summed E-state index contributed by atoms with van der Waals surface area (Å²) >= 11 is 11.7. The standard InChI is InChI=1S/C13H8Cl2F3NO3S/c14-10-2-1-3-11(15)12(10)23(20,21)19-8-4-6-9(7-5-8)22-13(16,17)18/h1-7,19H. The number of halogens is 5. The molecule has 1 N–H and O–H groups in total. The summed E-state index contributed by atoms with van der Waals surface area (Å²) in [6.45, 7) is 0. The maximum Gasteiger partial charge on any atom is 0.573 e. The molecular weight excluding hydrogens is 378 g/mol. The fraction of sp³-hybridized carbons (Fsp3) is 0.0769. The van der Waals surface area contributed by atoms with Crippen LogP contribution in [0.15, 0.2) is 47.4 Å². The van der Waals surface area contributed by atoms with Gasteiger partial charge in [0, 0.05) is 5.69 Å². The van der Waals surface area contributed by atoms with Crippen LogP contribution in [0.1, 0.15) is 0 Å². The van der Waals surface area contributed by atoms with Crippen molar-refractivity contribution >= 4 is 38.9 Å². The van der Waals surface area contributed by atoms with Gasteiger partial charge in [0.2, 0.25) is 0 Å². The molecule has 2 aromatic carbocycles. The second-order valence-corrected chi connectivity index (χ2v) is 6.66. The predicted molar refractivity (Wildman–Crippen MR) is 80.4 cm³/mol. The van der Waals surface area contributed by atoms with Crippen molar-refractivity contribution in [2.75, 3.05) is 4.72 Å². The van der Waals surface area contributed by atoms with E-state index in [4.69, 9.17) is 23.2 Å². The van der Waals surface area contributed by atoms with E-state index in [-0.39, 0.29) is 20.6 Å². The van der Waals surface area contributed by atoms with Crippen LogP contribution in [-0.4, -0.2) is 14.8 Å². The molecule has 0 heterocycles. The van der Waals surface area contributed by atoms with Crippen LogP contribution < -0.4 is 9.46 Å². The summed E-state index contributed by atoms with van der Waals surface area (Å²) < 4.78 is 66.6. The topological polar surface area (TPSA) is 55.4 Å². The molecule has 10 heteroatoms. The molecule has 0 aromatic heterocycles. The lowest BCUT2D eigenvalue weighted by Gasteiger charge is -2.12. The number of sulfonamides is 1. The number of hydrogen-bond acceptors (Lipinski definition) is 3. The minimum Gasteiger partial charge on any atom is -0.406 e. The number of nitrogens with one attached hydrogen (secondary N) is 1. The molecule has 0 aliphatic heterocycles. The molecule has 0 unspecified atom stereocenters. The molecule has 23 heavy (non-hydrogen) atoms. The molecule has 0 saturated carbocycles. The van der Waals surface area contributed by atoms with Gasteiger partial charge in [-0.25, -0.2) is 8.42 Å². The summed E-state index contributed by atoms with van der Waals surface area (Å²) in [5.74, 6) is -0.476. The molecule has 0 fully saturated rings. The van der Waals surface area contributed by atoms with Gasteiger partial charge in [-0.05, 0) is 36.4 Å². The fourth-order valence-corrected chi connectivity index (χ4v) is 3.87. The lowest BCUT2D eigenvalue weighted by Crippen LogP contribution is -2.17. The van der Waals surface area contributed by atoms with E-state index in [0.29, 0.717) is 0 Å². The Balaban J connectivity index is 2.25. The third-order valence-corrected chi connectivity index (χ3v) is 4.86. The highest BCUT2D eigenvalue weighted by atomic mass is 35.5. The number of rotatable bonds is 4. The summed E-state index contributed by atoms with van der Waals surface area (Å²) in [6.07, 6.45) is -4.83. The Kier molecular flexibility index (Phi) is 4.98. The second-order valence-electron chi connectivity index (χ2n) is 4.23. The van der Waals surface area contributed by atoms with Crippen molar-refractivity contribution in [1.82, 2.24) is 0 Å². The predicted octanol–water partition coefficient (Wildman–Crippen LogP) is 4.69. The minimum atomic E-state index is -4.83. The number of anilines is 1. The van der Waals surface area contributed by atoms with E-state index in [1.807, 2.05) is 0 Å². The average Bonchev–Trinajstić information content (AvgIpc) is 2.38. The van der Waals surface area contributed by atoms with Crippen molar-refractivity contribution < 1.29 is 26.3 Å². The molecule has 0 bridgehead atoms. The van der Waals surface area contributed by atoms with Crippen LogP contribution in [0.2, 0.25) is 10.0 Å². The molecular formula is C13H8Cl2F3NO3S. The smallest absolute Gasteiger partial charge is 0.406 e. The van der Waals surface area contributed by atoms with Crippen LogP contribution in [0.5, 0.6) is 5.75 Å². The third kappa shape index (κ3) is 4.66. The summed E-state index contributed by atoms with van der Waals surface area (Å²) in [5.41, 5.74) is 0.0236. The van der Waals surface area contributed by atoms with Crippen molar-refractivity contribution in [3.8, 4) is 5.75 Å². The van der Waals surface area contributed by atoms with Crippen molar-refractivity contribution in [3.05, 3.63) is 52.5 Å². The van der Waals surface area contributed by atoms with E-state index >= 15 is 0 Å². The Morgan fingerprint density at radius 1 is 0.957 bits per heavy atom. The molecule has 0 spiro atoms. The lowest BCUT2D eigenvalue weighted by molar-refractivity contribution is -0.274. The van der Waals surface area contributed by atoms with Crippen LogP contribution in [0, 0.1) is 0 Å². The molecule has 2 aromatic rings. The number of alkyl halides is 3. The highest BCUT2D eigenvalue weighted by Gasteiger charge is 2.31. The second kappa shape index (κ2) is 6.46. The molecule has 0 saturated heterocycles. The normalized spacial score (nSPS) is 12.0. The third-order valence-electron chi connectivity index (χ3n) is 2.53. The van der Waals surface area contributed by atoms with E-state index < -0.39 is 22.1 Å². The van der Waals surface area contributed by atoms with Crippen molar-refractivity contribution in [1.29, 1.82) is 0 Å². The molecule has 0 radical (unpaired) electrons. The Hall–Kier alpha value is -1.64. The summed E-state index contributed by atoms with van der Waals surface area (Å²) in [7, 11) is -4.10. The van der Waals surface area contributed by atoms with Gasteiger partial charge in [0.15, 0.2) is 0 Å². The summed E-state index contributed by atoms with van der Waals surface area (Å²) in [5, 5.41) is -0.163. The van der Waals surface area contributed by atoms with Crippen LogP contribution in [0.4, 0.5) is 18.9 Å². The molecule has 0 aliphatic rings. The number of hydrogen-bond donors (Lipinski definition) is 1. The first kappa shape index (κ1) is 17.7. The number of benzene rings is 2. The molecule has 2 rings (SSSR count). The van der Waals surface area contributed by atoms with Crippen LogP contribution >= 0.6 is 23.2 Å². The van der Waals surface area contributed by atoms with Gasteiger partial charge in [0.25, 0.3) is 10.0 Å². The maximum absolute atomic E-state index is 12.3. The highest BCUT2D eigenvalue weighted by molar-refractivity contribution is 7.93. The van der Waals surface area contributed by atoms with E-state index in [1.54, 1.807) is 0 Å². The summed E-state index contributed by atoms with van der Waals surface area (Å²) in [4.78, 5) is -0.320. The van der Waals surface area contributed by atoms with Crippen molar-refractivity contribution in [3.63, 3.8) is 0 Å². The largest absolute Gasteiger partial charge is 0.573 e. The van der Waals surface area contributed by atoms with Crippen LogP contribution in [-0.2, 0) is 10.0 Å². The zero-order valence-electron chi connectivity index (χ0n) is 11.1. The first-order valence-electron chi connectivity index (χ1n) is 5.91. The maximum atomic E-state index is 12.3. The number of ether oxygens (including phenoxy) is 1. The molecule has 0 atom stereocenters. The van der Waals surface area contributed by atoms with Gasteiger partial charge < -0.3 is 4.74 Å². The Morgan fingerprint density at radius 3 is 1.96 bits per heavy atom. The van der Waals surface area contributed by atoms with E-state index in [0.717, 1.165) is 24.3 Å². The Bertz CT molecular complexity index is 788. The molecule has 0 aliphatic carbocycles. The lowest BCUT2D eigenvalue weighted by atomic mass is 10.3. The van der Waals surface area contributed by atoms with Crippen LogP contribution in [0.25, 0.3) is 0 Å². The van der Waals surface area contributed by atoms with E-state index in [1.165, 1.54) is 18.2 Å². The quantitative estimate of drug-likeness (QED) is 0.830. The molecule has 124 valence electrons. The first-order valence-corrected chi connectivity index (χ1v) is 8.15. The van der Waals surface area contributed by atoms with Gasteiger partial charge in [-0.15, -0.1) is 13.2 Å². The average molecular weight is 386 g/mol. The zero-order valence-corrected chi connectivity index (χ0v) is 13.4. The van der Waals surface area contributed by atoms with Gasteiger partial charge in [-0.2, -0.15) is 0 Å².